The molecule has 0 aliphatic rings. The first kappa shape index (κ1) is 23.5. The summed E-state index contributed by atoms with van der Waals surface area (Å²) < 4.78 is 13.3. The molecule has 0 bridgehead atoms. The molecule has 6 rings (SSSR count). The van der Waals surface area contributed by atoms with Crippen LogP contribution < -0.4 is 9.80 Å². The van der Waals surface area contributed by atoms with Crippen molar-refractivity contribution in [3.8, 4) is 0 Å². The molecule has 0 aliphatic carbocycles. The molecule has 2 nitrogen and oxygen atoms in total. The Hall–Kier alpha value is -4.89. The van der Waals surface area contributed by atoms with Gasteiger partial charge in [0.1, 0.15) is 6.67 Å². The highest BCUT2D eigenvalue weighted by Crippen LogP contribution is 2.40. The van der Waals surface area contributed by atoms with E-state index in [1.165, 1.54) is 10.8 Å². The monoisotopic (exact) mass is 494 g/mol. The van der Waals surface area contributed by atoms with Crippen molar-refractivity contribution in [3.05, 3.63) is 157 Å². The first-order valence-electron chi connectivity index (χ1n) is 12.7. The largest absolute Gasteiger partial charge is 0.310 e. The SMILES string of the molecule is FCc1ccc(N(c2cccc(N(c3ccccc3)c3ccccc3)c2)c2ccc3ccccc3c2)cc1. The lowest BCUT2D eigenvalue weighted by Crippen LogP contribution is -2.13. The van der Waals surface area contributed by atoms with Crippen LogP contribution in [0, 0.1) is 0 Å². The van der Waals surface area contributed by atoms with Crippen molar-refractivity contribution in [3.63, 3.8) is 0 Å². The summed E-state index contributed by atoms with van der Waals surface area (Å²) in [5, 5.41) is 2.36. The molecule has 6 aromatic carbocycles. The van der Waals surface area contributed by atoms with Crippen LogP contribution in [-0.2, 0) is 6.67 Å². The van der Waals surface area contributed by atoms with Gasteiger partial charge >= 0.3 is 0 Å². The molecule has 6 aromatic rings. The minimum atomic E-state index is -0.477. The van der Waals surface area contributed by atoms with Crippen LogP contribution in [0.15, 0.2) is 152 Å². The maximum atomic E-state index is 13.3. The van der Waals surface area contributed by atoms with Crippen molar-refractivity contribution in [1.82, 2.24) is 0 Å². The minimum Gasteiger partial charge on any atom is -0.310 e. The third kappa shape index (κ3) is 4.74. The van der Waals surface area contributed by atoms with Crippen LogP contribution in [0.1, 0.15) is 5.56 Å². The van der Waals surface area contributed by atoms with Gasteiger partial charge in [0.05, 0.1) is 0 Å². The predicted octanol–water partition coefficient (Wildman–Crippen LogP) is 10.2. The van der Waals surface area contributed by atoms with E-state index in [0.29, 0.717) is 5.56 Å². The average Bonchev–Trinajstić information content (AvgIpc) is 2.99. The van der Waals surface area contributed by atoms with E-state index in [4.69, 9.17) is 0 Å². The van der Waals surface area contributed by atoms with Gasteiger partial charge in [-0.3, -0.25) is 0 Å². The second-order valence-corrected chi connectivity index (χ2v) is 9.19. The highest BCUT2D eigenvalue weighted by Gasteiger charge is 2.17. The van der Waals surface area contributed by atoms with E-state index >= 15 is 0 Å². The number of hydrogen-bond acceptors (Lipinski definition) is 2. The summed E-state index contributed by atoms with van der Waals surface area (Å²) >= 11 is 0. The van der Waals surface area contributed by atoms with Crippen LogP contribution in [0.25, 0.3) is 10.8 Å². The Kier molecular flexibility index (Phi) is 6.57. The lowest BCUT2D eigenvalue weighted by molar-refractivity contribution is 0.485. The van der Waals surface area contributed by atoms with Crippen molar-refractivity contribution in [2.75, 3.05) is 9.80 Å². The van der Waals surface area contributed by atoms with Crippen LogP contribution in [0.2, 0.25) is 0 Å². The van der Waals surface area contributed by atoms with Crippen molar-refractivity contribution in [1.29, 1.82) is 0 Å². The molecule has 0 amide bonds. The third-order valence-corrected chi connectivity index (χ3v) is 6.72. The van der Waals surface area contributed by atoms with Gasteiger partial charge in [-0.05, 0) is 83.1 Å². The zero-order chi connectivity index (χ0) is 25.7. The average molecular weight is 495 g/mol. The summed E-state index contributed by atoms with van der Waals surface area (Å²) in [6, 6.07) is 51.9. The molecule has 184 valence electrons. The van der Waals surface area contributed by atoms with E-state index in [-0.39, 0.29) is 0 Å². The summed E-state index contributed by atoms with van der Waals surface area (Å²) in [5.74, 6) is 0. The fourth-order valence-corrected chi connectivity index (χ4v) is 4.87. The maximum absolute atomic E-state index is 13.3. The number of rotatable bonds is 7. The number of fused-ring (bicyclic) bond motifs is 1. The van der Waals surface area contributed by atoms with E-state index in [9.17, 15) is 4.39 Å². The Balaban J connectivity index is 1.51. The number of halogens is 1. The zero-order valence-corrected chi connectivity index (χ0v) is 20.9. The van der Waals surface area contributed by atoms with Crippen LogP contribution in [0.4, 0.5) is 38.5 Å². The van der Waals surface area contributed by atoms with Crippen LogP contribution >= 0.6 is 0 Å². The Morgan fingerprint density at radius 2 is 0.816 bits per heavy atom. The first-order chi connectivity index (χ1) is 18.8. The molecule has 0 radical (unpaired) electrons. The van der Waals surface area contributed by atoms with Gasteiger partial charge < -0.3 is 9.80 Å². The first-order valence-corrected chi connectivity index (χ1v) is 12.7. The molecule has 0 N–H and O–H groups in total. The lowest BCUT2D eigenvalue weighted by atomic mass is 10.1. The van der Waals surface area contributed by atoms with Crippen molar-refractivity contribution < 1.29 is 4.39 Å². The molecule has 38 heavy (non-hydrogen) atoms. The number of anilines is 6. The van der Waals surface area contributed by atoms with Crippen molar-refractivity contribution >= 4 is 44.9 Å². The predicted molar refractivity (Wildman–Crippen MR) is 158 cm³/mol. The van der Waals surface area contributed by atoms with Crippen molar-refractivity contribution in [2.24, 2.45) is 0 Å². The molecular weight excluding hydrogens is 467 g/mol. The Bertz CT molecular complexity index is 1610. The normalized spacial score (nSPS) is 10.9. The molecule has 0 heterocycles. The molecule has 0 unspecified atom stereocenters. The van der Waals surface area contributed by atoms with E-state index in [1.54, 1.807) is 0 Å². The summed E-state index contributed by atoms with van der Waals surface area (Å²) in [4.78, 5) is 4.49. The molecular formula is C35H27FN2. The van der Waals surface area contributed by atoms with E-state index in [1.807, 2.05) is 36.4 Å². The van der Waals surface area contributed by atoms with E-state index < -0.39 is 6.67 Å². The molecule has 0 saturated heterocycles. The molecule has 0 spiro atoms. The Morgan fingerprint density at radius 1 is 0.368 bits per heavy atom. The fraction of sp³-hybridized carbons (Fsp3) is 0.0286. The van der Waals surface area contributed by atoms with Gasteiger partial charge in [-0.15, -0.1) is 0 Å². The van der Waals surface area contributed by atoms with E-state index in [2.05, 4.69) is 125 Å². The van der Waals surface area contributed by atoms with Gasteiger partial charge in [0.15, 0.2) is 0 Å². The fourth-order valence-electron chi connectivity index (χ4n) is 4.87. The second kappa shape index (κ2) is 10.6. The molecule has 0 saturated carbocycles. The summed E-state index contributed by atoms with van der Waals surface area (Å²) in [6.45, 7) is -0.477. The highest BCUT2D eigenvalue weighted by atomic mass is 19.1. The van der Waals surface area contributed by atoms with Crippen molar-refractivity contribution in [2.45, 2.75) is 6.67 Å². The third-order valence-electron chi connectivity index (χ3n) is 6.72. The van der Waals surface area contributed by atoms with Crippen LogP contribution in [0.5, 0.6) is 0 Å². The van der Waals surface area contributed by atoms with Gasteiger partial charge in [0, 0.05) is 34.1 Å². The minimum absolute atomic E-state index is 0.477. The van der Waals surface area contributed by atoms with Gasteiger partial charge in [0.25, 0.3) is 0 Å². The molecule has 0 aliphatic heterocycles. The Morgan fingerprint density at radius 3 is 1.42 bits per heavy atom. The summed E-state index contributed by atoms with van der Waals surface area (Å²) in [6.07, 6.45) is 0. The number of nitrogens with zero attached hydrogens (tertiary/aromatic N) is 2. The molecule has 0 fully saturated rings. The number of alkyl halides is 1. The lowest BCUT2D eigenvalue weighted by Gasteiger charge is -2.29. The van der Waals surface area contributed by atoms with Gasteiger partial charge in [0.2, 0.25) is 0 Å². The van der Waals surface area contributed by atoms with E-state index in [0.717, 1.165) is 34.1 Å². The molecule has 0 aromatic heterocycles. The second-order valence-electron chi connectivity index (χ2n) is 9.19. The topological polar surface area (TPSA) is 6.48 Å². The summed E-state index contributed by atoms with van der Waals surface area (Å²) in [5.41, 5.74) is 6.91. The quantitative estimate of drug-likeness (QED) is 0.218. The molecule has 3 heteroatoms. The standard InChI is InChI=1S/C35H27FN2/c36-26-27-18-21-32(22-19-27)38(35-23-20-28-10-7-8-11-29(28)24-35)34-17-9-16-33(25-34)37(30-12-3-1-4-13-30)31-14-5-2-6-15-31/h1-25H,26H2. The van der Waals surface area contributed by atoms with Gasteiger partial charge in [-0.25, -0.2) is 4.39 Å². The Labute approximate surface area is 222 Å². The molecule has 0 atom stereocenters. The smallest absolute Gasteiger partial charge is 0.115 e. The van der Waals surface area contributed by atoms with Crippen LogP contribution in [0.3, 0.4) is 0 Å². The maximum Gasteiger partial charge on any atom is 0.115 e. The number of para-hydroxylation sites is 2. The van der Waals surface area contributed by atoms with Gasteiger partial charge in [-0.1, -0.05) is 84.9 Å². The summed E-state index contributed by atoms with van der Waals surface area (Å²) in [7, 11) is 0. The zero-order valence-electron chi connectivity index (χ0n) is 20.9. The van der Waals surface area contributed by atoms with Gasteiger partial charge in [-0.2, -0.15) is 0 Å². The number of benzene rings is 6. The van der Waals surface area contributed by atoms with Crippen LogP contribution in [-0.4, -0.2) is 0 Å². The number of hydrogen-bond donors (Lipinski definition) is 0. The highest BCUT2D eigenvalue weighted by molar-refractivity contribution is 5.90.